The summed E-state index contributed by atoms with van der Waals surface area (Å²) in [7, 11) is 0. The van der Waals surface area contributed by atoms with Gasteiger partial charge < -0.3 is 0 Å². The fraction of sp³-hybridized carbons (Fsp3) is 0.800. The molecule has 9 heteroatoms. The molecule has 0 rings (SSSR count). The average Bonchev–Trinajstić information content (AvgIpc) is 2.13. The molecule has 0 heterocycles. The highest BCUT2D eigenvalue weighted by Crippen LogP contribution is 2.47. The summed E-state index contributed by atoms with van der Waals surface area (Å²) in [6, 6.07) is 0. The number of carbonyl (C=O) groups is 2. The number of ketones is 2. The molecule has 0 aliphatic carbocycles. The van der Waals surface area contributed by atoms with Crippen LogP contribution >= 0.6 is 0 Å². The summed E-state index contributed by atoms with van der Waals surface area (Å²) in [5.41, 5.74) is 0. The summed E-state index contributed by atoms with van der Waals surface area (Å²) in [5, 5.41) is 0. The standard InChI is InChI=1S/C10H11F7O2/c1-5(2)3-6(18)4-7(19)8(11,12)9(13,14)10(15,16)17/h5H,3-4H2,1-2H3. The van der Waals surface area contributed by atoms with E-state index in [1.54, 1.807) is 0 Å². The first kappa shape index (κ1) is 17.8. The van der Waals surface area contributed by atoms with Crippen molar-refractivity contribution in [3.05, 3.63) is 0 Å². The minimum Gasteiger partial charge on any atom is -0.299 e. The second kappa shape index (κ2) is 5.46. The highest BCUT2D eigenvalue weighted by Gasteiger charge is 2.75. The highest BCUT2D eigenvalue weighted by atomic mass is 19.4. The van der Waals surface area contributed by atoms with E-state index in [9.17, 15) is 40.3 Å². The van der Waals surface area contributed by atoms with Crippen LogP contribution < -0.4 is 0 Å². The normalized spacial score (nSPS) is 13.8. The average molecular weight is 296 g/mol. The van der Waals surface area contributed by atoms with Crippen LogP contribution in [0.4, 0.5) is 30.7 Å². The number of halogens is 7. The Morgan fingerprint density at radius 3 is 1.68 bits per heavy atom. The molecule has 0 aromatic carbocycles. The van der Waals surface area contributed by atoms with Gasteiger partial charge in [0.25, 0.3) is 0 Å². The van der Waals surface area contributed by atoms with E-state index in [4.69, 9.17) is 0 Å². The number of carbonyl (C=O) groups excluding carboxylic acids is 2. The van der Waals surface area contributed by atoms with Crippen molar-refractivity contribution in [2.45, 2.75) is 44.7 Å². The third kappa shape index (κ3) is 3.90. The summed E-state index contributed by atoms with van der Waals surface area (Å²) in [6.45, 7) is 2.98. The molecule has 0 saturated heterocycles. The number of alkyl halides is 7. The lowest BCUT2D eigenvalue weighted by Gasteiger charge is -2.26. The Hall–Kier alpha value is -1.15. The van der Waals surface area contributed by atoms with Crippen LogP contribution in [0.5, 0.6) is 0 Å². The maximum Gasteiger partial charge on any atom is 0.460 e. The molecule has 0 fully saturated rings. The van der Waals surface area contributed by atoms with Crippen LogP contribution in [0.15, 0.2) is 0 Å². The first-order valence-corrected chi connectivity index (χ1v) is 5.10. The van der Waals surface area contributed by atoms with E-state index in [2.05, 4.69) is 0 Å². The topological polar surface area (TPSA) is 34.1 Å². The summed E-state index contributed by atoms with van der Waals surface area (Å²) < 4.78 is 85.9. The van der Waals surface area contributed by atoms with Crippen molar-refractivity contribution in [2.75, 3.05) is 0 Å². The molecule has 19 heavy (non-hydrogen) atoms. The predicted molar refractivity (Wildman–Crippen MR) is 50.0 cm³/mol. The van der Waals surface area contributed by atoms with E-state index in [0.29, 0.717) is 0 Å². The Labute approximate surface area is 104 Å². The lowest BCUT2D eigenvalue weighted by Crippen LogP contribution is -2.56. The van der Waals surface area contributed by atoms with Crippen molar-refractivity contribution in [2.24, 2.45) is 5.92 Å². The van der Waals surface area contributed by atoms with Gasteiger partial charge in [-0.2, -0.15) is 30.7 Å². The molecule has 0 atom stereocenters. The summed E-state index contributed by atoms with van der Waals surface area (Å²) in [5.74, 6) is -16.7. The van der Waals surface area contributed by atoms with Crippen molar-refractivity contribution in [3.63, 3.8) is 0 Å². The first-order chi connectivity index (χ1) is 8.23. The lowest BCUT2D eigenvalue weighted by atomic mass is 9.98. The van der Waals surface area contributed by atoms with Gasteiger partial charge in [0.05, 0.1) is 6.42 Å². The van der Waals surface area contributed by atoms with Gasteiger partial charge in [-0.05, 0) is 5.92 Å². The molecule has 112 valence electrons. The zero-order chi connectivity index (χ0) is 15.6. The maximum absolute atomic E-state index is 12.8. The van der Waals surface area contributed by atoms with Crippen molar-refractivity contribution in [3.8, 4) is 0 Å². The molecule has 0 aliphatic rings. The van der Waals surface area contributed by atoms with Gasteiger partial charge in [0.15, 0.2) is 0 Å². The SMILES string of the molecule is CC(C)CC(=O)CC(=O)C(F)(F)C(F)(F)C(F)(F)F. The first-order valence-electron chi connectivity index (χ1n) is 5.10. The van der Waals surface area contributed by atoms with Gasteiger partial charge in [-0.1, -0.05) is 13.8 Å². The Morgan fingerprint density at radius 2 is 1.37 bits per heavy atom. The van der Waals surface area contributed by atoms with Gasteiger partial charge in [-0.15, -0.1) is 0 Å². The zero-order valence-corrected chi connectivity index (χ0v) is 9.95. The van der Waals surface area contributed by atoms with Gasteiger partial charge in [0.2, 0.25) is 5.78 Å². The number of hydrogen-bond acceptors (Lipinski definition) is 2. The Kier molecular flexibility index (Phi) is 5.13. The van der Waals surface area contributed by atoms with Gasteiger partial charge in [-0.25, -0.2) is 0 Å². The van der Waals surface area contributed by atoms with Crippen LogP contribution in [0, 0.1) is 5.92 Å². The van der Waals surface area contributed by atoms with Gasteiger partial charge in [0, 0.05) is 6.42 Å². The van der Waals surface area contributed by atoms with E-state index in [1.807, 2.05) is 0 Å². The van der Waals surface area contributed by atoms with Gasteiger partial charge in [0.1, 0.15) is 5.78 Å². The molecule has 2 nitrogen and oxygen atoms in total. The smallest absolute Gasteiger partial charge is 0.299 e. The molecular formula is C10H11F7O2. The second-order valence-corrected chi connectivity index (χ2v) is 4.38. The molecule has 0 amide bonds. The van der Waals surface area contributed by atoms with Gasteiger partial charge in [-0.3, -0.25) is 9.59 Å². The summed E-state index contributed by atoms with van der Waals surface area (Å²) in [6.07, 6.45) is -8.59. The molecular weight excluding hydrogens is 285 g/mol. The monoisotopic (exact) mass is 296 g/mol. The molecule has 0 saturated carbocycles. The van der Waals surface area contributed by atoms with Crippen molar-refractivity contribution in [1.82, 2.24) is 0 Å². The molecule has 0 aromatic rings. The number of Topliss-reactive ketones (excluding diaryl/α,β-unsaturated/α-hetero) is 2. The zero-order valence-electron chi connectivity index (χ0n) is 9.95. The molecule has 0 unspecified atom stereocenters. The van der Waals surface area contributed by atoms with E-state index in [0.717, 1.165) is 0 Å². The Morgan fingerprint density at radius 1 is 0.947 bits per heavy atom. The predicted octanol–water partition coefficient (Wildman–Crippen LogP) is 3.39. The molecule has 0 spiro atoms. The van der Waals surface area contributed by atoms with Gasteiger partial charge >= 0.3 is 18.0 Å². The van der Waals surface area contributed by atoms with Crippen LogP contribution in [0.25, 0.3) is 0 Å². The van der Waals surface area contributed by atoms with Crippen LogP contribution in [-0.4, -0.2) is 29.6 Å². The molecule has 0 radical (unpaired) electrons. The van der Waals surface area contributed by atoms with E-state index < -0.39 is 36.0 Å². The fourth-order valence-electron chi connectivity index (χ4n) is 1.17. The van der Waals surface area contributed by atoms with Crippen molar-refractivity contribution in [1.29, 1.82) is 0 Å². The third-order valence-electron chi connectivity index (χ3n) is 2.09. The quantitative estimate of drug-likeness (QED) is 0.556. The van der Waals surface area contributed by atoms with Crippen LogP contribution in [0.3, 0.4) is 0 Å². The molecule has 0 aliphatic heterocycles. The van der Waals surface area contributed by atoms with E-state index in [1.165, 1.54) is 13.8 Å². The summed E-state index contributed by atoms with van der Waals surface area (Å²) >= 11 is 0. The summed E-state index contributed by atoms with van der Waals surface area (Å²) in [4.78, 5) is 21.8. The molecule has 0 bridgehead atoms. The van der Waals surface area contributed by atoms with Crippen LogP contribution in [0.2, 0.25) is 0 Å². The Bertz CT molecular complexity index is 357. The maximum atomic E-state index is 12.8. The van der Waals surface area contributed by atoms with Crippen molar-refractivity contribution >= 4 is 11.6 Å². The second-order valence-electron chi connectivity index (χ2n) is 4.38. The van der Waals surface area contributed by atoms with E-state index >= 15 is 0 Å². The van der Waals surface area contributed by atoms with E-state index in [-0.39, 0.29) is 12.3 Å². The van der Waals surface area contributed by atoms with Crippen LogP contribution in [-0.2, 0) is 9.59 Å². The number of rotatable bonds is 6. The largest absolute Gasteiger partial charge is 0.460 e. The third-order valence-corrected chi connectivity index (χ3v) is 2.09. The minimum atomic E-state index is -6.58. The number of hydrogen-bond donors (Lipinski definition) is 0. The highest BCUT2D eigenvalue weighted by molar-refractivity contribution is 6.02. The van der Waals surface area contributed by atoms with Crippen LogP contribution in [0.1, 0.15) is 26.7 Å². The minimum absolute atomic E-state index is 0.336. The molecule has 0 N–H and O–H groups in total. The Balaban J connectivity index is 5.02. The molecule has 0 aromatic heterocycles. The fourth-order valence-corrected chi connectivity index (χ4v) is 1.17. The van der Waals surface area contributed by atoms with Crippen molar-refractivity contribution < 1.29 is 40.3 Å². The lowest BCUT2D eigenvalue weighted by molar-refractivity contribution is -0.343.